The van der Waals surface area contributed by atoms with E-state index in [0.717, 1.165) is 0 Å². The highest BCUT2D eigenvalue weighted by atomic mass is 16.5. The monoisotopic (exact) mass is 155 g/mol. The van der Waals surface area contributed by atoms with E-state index in [4.69, 9.17) is 10.5 Å². The first-order chi connectivity index (χ1) is 5.29. The van der Waals surface area contributed by atoms with Crippen molar-refractivity contribution in [3.63, 3.8) is 0 Å². The molecule has 0 bridgehead atoms. The van der Waals surface area contributed by atoms with Gasteiger partial charge in [-0.15, -0.1) is 0 Å². The molecule has 0 unspecified atom stereocenters. The van der Waals surface area contributed by atoms with Crippen LogP contribution in [0.2, 0.25) is 0 Å². The lowest BCUT2D eigenvalue weighted by Crippen LogP contribution is -2.18. The van der Waals surface area contributed by atoms with Gasteiger partial charge in [0.1, 0.15) is 19.0 Å². The summed E-state index contributed by atoms with van der Waals surface area (Å²) in [7, 11) is 0. The minimum atomic E-state index is -0.475. The lowest BCUT2D eigenvalue weighted by molar-refractivity contribution is -0.122. The quantitative estimate of drug-likeness (QED) is 0.609. The van der Waals surface area contributed by atoms with Crippen molar-refractivity contribution in [2.75, 3.05) is 6.61 Å². The molecule has 1 rings (SSSR count). The second-order valence-corrected chi connectivity index (χ2v) is 1.99. The number of nitrogens with zero attached hydrogens (tertiary/aromatic N) is 1. The Hall–Kier alpha value is -1.36. The number of amides is 1. The Balaban J connectivity index is 2.19. The molecule has 11 heavy (non-hydrogen) atoms. The molecule has 5 nitrogen and oxygen atoms in total. The van der Waals surface area contributed by atoms with Crippen LogP contribution in [0, 0.1) is 0 Å². The molecule has 3 N–H and O–H groups in total. The van der Waals surface area contributed by atoms with E-state index >= 15 is 0 Å². The van der Waals surface area contributed by atoms with E-state index < -0.39 is 5.91 Å². The van der Waals surface area contributed by atoms with E-state index in [2.05, 4.69) is 9.97 Å². The van der Waals surface area contributed by atoms with E-state index in [0.29, 0.717) is 5.82 Å². The van der Waals surface area contributed by atoms with Crippen LogP contribution in [0.3, 0.4) is 0 Å². The van der Waals surface area contributed by atoms with Gasteiger partial charge in [-0.25, -0.2) is 4.98 Å². The number of aromatic nitrogens is 2. The zero-order valence-electron chi connectivity index (χ0n) is 5.91. The van der Waals surface area contributed by atoms with E-state index in [1.54, 1.807) is 12.4 Å². The van der Waals surface area contributed by atoms with Crippen LogP contribution in [-0.2, 0) is 16.1 Å². The van der Waals surface area contributed by atoms with E-state index in [1.165, 1.54) is 0 Å². The Morgan fingerprint density at radius 2 is 2.64 bits per heavy atom. The molecule has 0 spiro atoms. The van der Waals surface area contributed by atoms with Crippen molar-refractivity contribution >= 4 is 5.91 Å². The number of nitrogens with one attached hydrogen (secondary N) is 1. The maximum absolute atomic E-state index is 10.2. The van der Waals surface area contributed by atoms with Gasteiger partial charge in [0.2, 0.25) is 5.91 Å². The number of carbonyl (C=O) groups excluding carboxylic acids is 1. The fourth-order valence-corrected chi connectivity index (χ4v) is 0.625. The highest BCUT2D eigenvalue weighted by Crippen LogP contribution is 1.90. The van der Waals surface area contributed by atoms with Gasteiger partial charge in [-0.05, 0) is 0 Å². The van der Waals surface area contributed by atoms with Gasteiger partial charge in [-0.1, -0.05) is 0 Å². The number of aromatic amines is 1. The number of ether oxygens (including phenoxy) is 1. The molecular formula is C6H9N3O2. The molecule has 1 amide bonds. The van der Waals surface area contributed by atoms with Crippen molar-refractivity contribution < 1.29 is 9.53 Å². The van der Waals surface area contributed by atoms with Crippen LogP contribution in [0.5, 0.6) is 0 Å². The first-order valence-electron chi connectivity index (χ1n) is 3.13. The van der Waals surface area contributed by atoms with Crippen LogP contribution in [0.1, 0.15) is 5.82 Å². The number of hydrogen-bond acceptors (Lipinski definition) is 3. The number of primary amides is 1. The molecule has 0 fully saturated rings. The van der Waals surface area contributed by atoms with Crippen molar-refractivity contribution in [1.29, 1.82) is 0 Å². The van der Waals surface area contributed by atoms with Gasteiger partial charge in [0.05, 0.1) is 0 Å². The standard InChI is InChI=1S/C6H9N3O2/c7-5(10)3-11-4-6-8-1-2-9-6/h1-2H,3-4H2,(H2,7,10)(H,8,9). The van der Waals surface area contributed by atoms with Crippen LogP contribution in [0.25, 0.3) is 0 Å². The highest BCUT2D eigenvalue weighted by Gasteiger charge is 1.96. The van der Waals surface area contributed by atoms with Gasteiger partial charge in [0, 0.05) is 12.4 Å². The smallest absolute Gasteiger partial charge is 0.243 e. The zero-order chi connectivity index (χ0) is 8.10. The SMILES string of the molecule is NC(=O)COCc1ncc[nH]1. The first kappa shape index (κ1) is 7.74. The molecule has 0 saturated carbocycles. The molecule has 5 heteroatoms. The van der Waals surface area contributed by atoms with Crippen LogP contribution in [-0.4, -0.2) is 22.5 Å². The lowest BCUT2D eigenvalue weighted by Gasteiger charge is -1.96. The minimum absolute atomic E-state index is 0.0688. The van der Waals surface area contributed by atoms with Crippen LogP contribution in [0.15, 0.2) is 12.4 Å². The van der Waals surface area contributed by atoms with Crippen LogP contribution < -0.4 is 5.73 Å². The molecule has 1 heterocycles. The molecule has 1 aromatic heterocycles. The molecule has 0 aromatic carbocycles. The van der Waals surface area contributed by atoms with Crippen LogP contribution >= 0.6 is 0 Å². The third-order valence-electron chi connectivity index (χ3n) is 1.04. The number of rotatable bonds is 4. The number of H-pyrrole nitrogens is 1. The molecule has 60 valence electrons. The molecular weight excluding hydrogens is 146 g/mol. The maximum atomic E-state index is 10.2. The number of carbonyl (C=O) groups is 1. The summed E-state index contributed by atoms with van der Waals surface area (Å²) >= 11 is 0. The molecule has 0 atom stereocenters. The second kappa shape index (κ2) is 3.72. The van der Waals surface area contributed by atoms with Gasteiger partial charge in [-0.2, -0.15) is 0 Å². The van der Waals surface area contributed by atoms with E-state index in [-0.39, 0.29) is 13.2 Å². The van der Waals surface area contributed by atoms with Gasteiger partial charge in [0.25, 0.3) is 0 Å². The van der Waals surface area contributed by atoms with E-state index in [1.807, 2.05) is 0 Å². The first-order valence-corrected chi connectivity index (χ1v) is 3.13. The topological polar surface area (TPSA) is 81.0 Å². The summed E-state index contributed by atoms with van der Waals surface area (Å²) in [5.41, 5.74) is 4.84. The van der Waals surface area contributed by atoms with Crippen molar-refractivity contribution in [3.8, 4) is 0 Å². The Bertz CT molecular complexity index is 220. The summed E-state index contributed by atoms with van der Waals surface area (Å²) in [6.45, 7) is 0.219. The third kappa shape index (κ3) is 2.81. The van der Waals surface area contributed by atoms with Gasteiger partial charge >= 0.3 is 0 Å². The van der Waals surface area contributed by atoms with E-state index in [9.17, 15) is 4.79 Å². The Labute approximate surface area is 63.6 Å². The minimum Gasteiger partial charge on any atom is -0.368 e. The number of nitrogens with two attached hydrogens (primary N) is 1. The zero-order valence-corrected chi connectivity index (χ0v) is 5.91. The van der Waals surface area contributed by atoms with Crippen molar-refractivity contribution in [2.24, 2.45) is 5.73 Å². The second-order valence-electron chi connectivity index (χ2n) is 1.99. The average Bonchev–Trinajstić information content (AvgIpc) is 2.39. The van der Waals surface area contributed by atoms with Crippen molar-refractivity contribution in [2.45, 2.75) is 6.61 Å². The predicted octanol–water partition coefficient (Wildman–Crippen LogP) is -0.588. The molecule has 0 aliphatic rings. The molecule has 0 aliphatic heterocycles. The summed E-state index contributed by atoms with van der Waals surface area (Å²) in [5, 5.41) is 0. The average molecular weight is 155 g/mol. The predicted molar refractivity (Wildman–Crippen MR) is 37.4 cm³/mol. The fourth-order valence-electron chi connectivity index (χ4n) is 0.625. The summed E-state index contributed by atoms with van der Waals surface area (Å²) < 4.78 is 4.87. The largest absolute Gasteiger partial charge is 0.368 e. The molecule has 0 saturated heterocycles. The summed E-state index contributed by atoms with van der Waals surface area (Å²) in [6, 6.07) is 0. The lowest BCUT2D eigenvalue weighted by atomic mass is 10.6. The van der Waals surface area contributed by atoms with Crippen molar-refractivity contribution in [3.05, 3.63) is 18.2 Å². The Morgan fingerprint density at radius 1 is 1.82 bits per heavy atom. The van der Waals surface area contributed by atoms with Gasteiger partial charge < -0.3 is 15.5 Å². The summed E-state index contributed by atoms with van der Waals surface area (Å²) in [4.78, 5) is 16.9. The summed E-state index contributed by atoms with van der Waals surface area (Å²) in [5.74, 6) is 0.211. The van der Waals surface area contributed by atoms with Crippen molar-refractivity contribution in [1.82, 2.24) is 9.97 Å². The van der Waals surface area contributed by atoms with Gasteiger partial charge in [-0.3, -0.25) is 4.79 Å². The Kier molecular flexibility index (Phi) is 2.62. The number of imidazole rings is 1. The summed E-state index contributed by atoms with van der Waals surface area (Å²) in [6.07, 6.45) is 3.30. The molecule has 0 radical (unpaired) electrons. The highest BCUT2D eigenvalue weighted by molar-refractivity contribution is 5.74. The van der Waals surface area contributed by atoms with Gasteiger partial charge in [0.15, 0.2) is 0 Å². The maximum Gasteiger partial charge on any atom is 0.243 e. The Morgan fingerprint density at radius 3 is 3.18 bits per heavy atom. The molecule has 0 aliphatic carbocycles. The molecule has 1 aromatic rings. The number of hydrogen-bond donors (Lipinski definition) is 2. The van der Waals surface area contributed by atoms with Crippen LogP contribution in [0.4, 0.5) is 0 Å². The third-order valence-corrected chi connectivity index (χ3v) is 1.04. The fraction of sp³-hybridized carbons (Fsp3) is 0.333. The normalized spacial score (nSPS) is 9.82.